The average Bonchev–Trinajstić information content (AvgIpc) is 2.94. The van der Waals surface area contributed by atoms with Crippen LogP contribution in [0.1, 0.15) is 69.9 Å². The fourth-order valence-electron chi connectivity index (χ4n) is 5.95. The van der Waals surface area contributed by atoms with Crippen molar-refractivity contribution in [2.75, 3.05) is 6.61 Å². The van der Waals surface area contributed by atoms with Gasteiger partial charge in [0.25, 0.3) is 5.91 Å². The predicted octanol–water partition coefficient (Wildman–Crippen LogP) is 5.59. The van der Waals surface area contributed by atoms with E-state index in [0.29, 0.717) is 35.4 Å². The van der Waals surface area contributed by atoms with Crippen LogP contribution in [0, 0.1) is 12.8 Å². The number of fused-ring (bicyclic) bond motifs is 2. The minimum absolute atomic E-state index is 0.103. The maximum atomic E-state index is 12.6. The Labute approximate surface area is 238 Å². The number of nitrogens with zero attached hydrogens (tertiary/aromatic N) is 1. The Morgan fingerprint density at radius 1 is 1.10 bits per heavy atom. The van der Waals surface area contributed by atoms with Crippen LogP contribution < -0.4 is 15.7 Å². The highest BCUT2D eigenvalue weighted by Crippen LogP contribution is 2.46. The van der Waals surface area contributed by atoms with E-state index >= 15 is 0 Å². The van der Waals surface area contributed by atoms with E-state index in [4.69, 9.17) is 14.0 Å². The molecule has 41 heavy (non-hydrogen) atoms. The zero-order valence-corrected chi connectivity index (χ0v) is 23.7. The second-order valence-corrected chi connectivity index (χ2v) is 11.5. The lowest BCUT2D eigenvalue weighted by molar-refractivity contribution is -0.143. The number of nitrogens with one attached hydrogen (secondary N) is 1. The van der Waals surface area contributed by atoms with Crippen molar-refractivity contribution in [1.29, 1.82) is 0 Å². The first-order chi connectivity index (χ1) is 19.7. The summed E-state index contributed by atoms with van der Waals surface area (Å²) in [6, 6.07) is 12.0. The molecule has 3 aromatic rings. The average molecular weight is 561 g/mol. The molecule has 0 radical (unpaired) electrons. The van der Waals surface area contributed by atoms with E-state index in [-0.39, 0.29) is 5.92 Å². The Kier molecular flexibility index (Phi) is 8.15. The maximum absolute atomic E-state index is 12.6. The van der Waals surface area contributed by atoms with Gasteiger partial charge in [-0.05, 0) is 62.1 Å². The summed E-state index contributed by atoms with van der Waals surface area (Å²) in [5.74, 6) is -0.927. The molecule has 1 aliphatic heterocycles. The number of ether oxygens (including phenoxy) is 1. The van der Waals surface area contributed by atoms with Crippen molar-refractivity contribution in [3.63, 3.8) is 0 Å². The van der Waals surface area contributed by atoms with Crippen LogP contribution in [0.4, 0.5) is 0 Å². The minimum Gasteiger partial charge on any atom is -0.486 e. The number of aryl methyl sites for hydroxylation is 1. The zero-order valence-electron chi connectivity index (χ0n) is 23.7. The normalized spacial score (nSPS) is 17.7. The molecule has 9 heteroatoms. The molecule has 0 bridgehead atoms. The molecular formula is C32H36N2O7. The number of carbonyl (C=O) groups is 2. The van der Waals surface area contributed by atoms with Crippen LogP contribution in [-0.4, -0.2) is 40.9 Å². The summed E-state index contributed by atoms with van der Waals surface area (Å²) in [4.78, 5) is 42.3. The largest absolute Gasteiger partial charge is 0.486 e. The smallest absolute Gasteiger partial charge is 0.336 e. The molecule has 2 N–H and O–H groups in total. The number of rotatable bonds is 8. The van der Waals surface area contributed by atoms with Crippen LogP contribution in [-0.2, 0) is 14.4 Å². The summed E-state index contributed by atoms with van der Waals surface area (Å²) in [5.41, 5.74) is 3.26. The fraction of sp³-hybridized carbons (Fsp3) is 0.438. The van der Waals surface area contributed by atoms with Crippen molar-refractivity contribution in [1.82, 2.24) is 5.32 Å². The van der Waals surface area contributed by atoms with Gasteiger partial charge in [-0.25, -0.2) is 9.59 Å². The number of amides is 1. The molecule has 216 valence electrons. The van der Waals surface area contributed by atoms with Crippen molar-refractivity contribution in [2.24, 2.45) is 11.1 Å². The summed E-state index contributed by atoms with van der Waals surface area (Å²) >= 11 is 0. The van der Waals surface area contributed by atoms with Gasteiger partial charge in [0.2, 0.25) is 0 Å². The maximum Gasteiger partial charge on any atom is 0.336 e. The highest BCUT2D eigenvalue weighted by molar-refractivity contribution is 6.09. The van der Waals surface area contributed by atoms with Crippen molar-refractivity contribution >= 4 is 28.6 Å². The molecule has 1 unspecified atom stereocenters. The second-order valence-electron chi connectivity index (χ2n) is 11.5. The Hall–Kier alpha value is -4.14. The number of oxime groups is 1. The number of carbonyl (C=O) groups excluding carboxylic acids is 1. The molecule has 2 aliphatic rings. The van der Waals surface area contributed by atoms with Gasteiger partial charge in [0.15, 0.2) is 6.61 Å². The van der Waals surface area contributed by atoms with Gasteiger partial charge in [0.05, 0.1) is 5.71 Å². The Morgan fingerprint density at radius 3 is 2.51 bits per heavy atom. The van der Waals surface area contributed by atoms with Crippen molar-refractivity contribution in [3.8, 4) is 16.9 Å². The molecule has 1 fully saturated rings. The van der Waals surface area contributed by atoms with E-state index in [1.54, 1.807) is 0 Å². The molecule has 1 saturated carbocycles. The van der Waals surface area contributed by atoms with Gasteiger partial charge in [-0.3, -0.25) is 4.79 Å². The van der Waals surface area contributed by atoms with Gasteiger partial charge in [-0.15, -0.1) is 0 Å². The first-order valence-electron chi connectivity index (χ1n) is 14.2. The van der Waals surface area contributed by atoms with Crippen molar-refractivity contribution < 1.29 is 28.7 Å². The van der Waals surface area contributed by atoms with Gasteiger partial charge >= 0.3 is 11.6 Å². The molecule has 2 heterocycles. The number of carboxylic acids is 1. The highest BCUT2D eigenvalue weighted by Gasteiger charge is 2.42. The topological polar surface area (TPSA) is 127 Å². The summed E-state index contributed by atoms with van der Waals surface area (Å²) in [6.45, 7) is 5.27. The zero-order chi connectivity index (χ0) is 29.1. The lowest BCUT2D eigenvalue weighted by Gasteiger charge is -2.42. The number of hydrogen-bond donors (Lipinski definition) is 2. The molecule has 0 saturated heterocycles. The molecule has 2 aromatic carbocycles. The molecule has 1 amide bonds. The lowest BCUT2D eigenvalue weighted by atomic mass is 9.77. The number of benzene rings is 2. The molecular weight excluding hydrogens is 524 g/mol. The summed E-state index contributed by atoms with van der Waals surface area (Å²) < 4.78 is 12.4. The Balaban J connectivity index is 1.52. The third-order valence-electron chi connectivity index (χ3n) is 7.89. The molecule has 1 spiro atoms. The van der Waals surface area contributed by atoms with E-state index in [0.717, 1.165) is 54.2 Å². The van der Waals surface area contributed by atoms with Gasteiger partial charge in [-0.2, -0.15) is 0 Å². The summed E-state index contributed by atoms with van der Waals surface area (Å²) in [5, 5.41) is 17.2. The summed E-state index contributed by atoms with van der Waals surface area (Å²) in [6.07, 6.45) is 5.72. The highest BCUT2D eigenvalue weighted by atomic mass is 16.6. The van der Waals surface area contributed by atoms with Crippen LogP contribution in [0.5, 0.6) is 5.75 Å². The quantitative estimate of drug-likeness (QED) is 0.272. The van der Waals surface area contributed by atoms with Gasteiger partial charge in [-0.1, -0.05) is 55.8 Å². The van der Waals surface area contributed by atoms with E-state index in [1.807, 2.05) is 57.2 Å². The third-order valence-corrected chi connectivity index (χ3v) is 7.89. The first kappa shape index (κ1) is 28.4. The molecule has 1 aliphatic carbocycles. The van der Waals surface area contributed by atoms with E-state index in [2.05, 4.69) is 10.5 Å². The Morgan fingerprint density at radius 2 is 1.83 bits per heavy atom. The molecule has 9 nitrogen and oxygen atoms in total. The molecule has 1 atom stereocenters. The van der Waals surface area contributed by atoms with E-state index in [1.165, 1.54) is 6.07 Å². The molecule has 5 rings (SSSR count). The SMILES string of the molecule is Cc1c2c(cc3c(-c4ccccc4)cc(=O)oc13)C(=NOCC(=O)NC(CC(C)C)C(=O)O)CC1(CCCCC1)O2. The van der Waals surface area contributed by atoms with Crippen molar-refractivity contribution in [2.45, 2.75) is 77.4 Å². The van der Waals surface area contributed by atoms with Crippen LogP contribution in [0.15, 0.2) is 56.8 Å². The third kappa shape index (κ3) is 6.14. The van der Waals surface area contributed by atoms with Crippen LogP contribution in [0.25, 0.3) is 22.1 Å². The van der Waals surface area contributed by atoms with Crippen LogP contribution in [0.2, 0.25) is 0 Å². The minimum atomic E-state index is -1.08. The summed E-state index contributed by atoms with van der Waals surface area (Å²) in [7, 11) is 0. The lowest BCUT2D eigenvalue weighted by Crippen LogP contribution is -2.44. The first-order valence-corrected chi connectivity index (χ1v) is 14.2. The predicted molar refractivity (Wildman–Crippen MR) is 155 cm³/mol. The van der Waals surface area contributed by atoms with Crippen molar-refractivity contribution in [3.05, 3.63) is 64.0 Å². The molecule has 1 aromatic heterocycles. The standard InChI is InChI=1S/C32H36N2O7/c1-19(2)14-25(31(37)38)33-27(35)18-39-34-26-17-32(12-8-5-9-13-32)41-30-20(3)29-23(15-24(26)30)22(16-28(36)40-29)21-10-6-4-7-11-21/h4,6-7,10-11,15-16,19,25H,5,8-9,12-14,17-18H2,1-3H3,(H,33,35)(H,37,38). The number of carboxylic acid groups (broad SMARTS) is 1. The van der Waals surface area contributed by atoms with Gasteiger partial charge < -0.3 is 24.4 Å². The van der Waals surface area contributed by atoms with E-state index < -0.39 is 35.8 Å². The van der Waals surface area contributed by atoms with E-state index in [9.17, 15) is 19.5 Å². The second kappa shape index (κ2) is 11.8. The van der Waals surface area contributed by atoms with Crippen LogP contribution in [0.3, 0.4) is 0 Å². The van der Waals surface area contributed by atoms with Gasteiger partial charge in [0.1, 0.15) is 23.0 Å². The number of aliphatic carboxylic acids is 1. The van der Waals surface area contributed by atoms with Crippen LogP contribution >= 0.6 is 0 Å². The number of hydrogen-bond acceptors (Lipinski definition) is 7. The monoisotopic (exact) mass is 560 g/mol. The van der Waals surface area contributed by atoms with Gasteiger partial charge in [0, 0.05) is 29.0 Å². The fourth-order valence-corrected chi connectivity index (χ4v) is 5.95. The Bertz CT molecular complexity index is 1540.